The Balaban J connectivity index is 3.32. The third-order valence-electron chi connectivity index (χ3n) is 0.688. The maximum absolute atomic E-state index is 9.90. The molecule has 0 spiro atoms. The third kappa shape index (κ3) is 2.82. The smallest absolute Gasteiger partial charge is 0.321 e. The number of hydrogen-bond donors (Lipinski definition) is 2. The second-order valence-corrected chi connectivity index (χ2v) is 1.91. The van der Waals surface area contributed by atoms with Crippen molar-refractivity contribution in [2.75, 3.05) is 6.54 Å². The predicted octanol–water partition coefficient (Wildman–Crippen LogP) is 0.0272. The number of carbonyl (C=O) groups is 1. The molecule has 3 nitrogen and oxygen atoms in total. The third-order valence-corrected chi connectivity index (χ3v) is 1.09. The van der Waals surface area contributed by atoms with Crippen LogP contribution in [0.2, 0.25) is 0 Å². The molecule has 0 saturated carbocycles. The second kappa shape index (κ2) is 3.69. The fourth-order valence-corrected chi connectivity index (χ4v) is 0.396. The minimum absolute atomic E-state index is 0.320. The average Bonchev–Trinajstić information content (AvgIpc) is 1.67. The van der Waals surface area contributed by atoms with Crippen molar-refractivity contribution in [1.29, 1.82) is 0 Å². The van der Waals surface area contributed by atoms with Crippen molar-refractivity contribution in [2.45, 2.75) is 11.8 Å². The quantitative estimate of drug-likeness (QED) is 0.540. The summed E-state index contributed by atoms with van der Waals surface area (Å²) in [4.78, 5) is 9.90. The van der Waals surface area contributed by atoms with Gasteiger partial charge in [0.25, 0.3) is 0 Å². The summed E-state index contributed by atoms with van der Waals surface area (Å²) in [6.07, 6.45) is 0.330. The van der Waals surface area contributed by atoms with Gasteiger partial charge in [-0.3, -0.25) is 4.79 Å². The standard InChI is InChI=1S/C4H8ClNO2/c5-3(1-2-6)4(7)8/h3H,1-2,6H2,(H,7,8). The first-order valence-corrected chi connectivity index (χ1v) is 2.69. The van der Waals surface area contributed by atoms with Gasteiger partial charge in [0.1, 0.15) is 5.38 Å². The lowest BCUT2D eigenvalue weighted by atomic mass is 10.3. The molecule has 0 aromatic rings. The Morgan fingerprint density at radius 2 is 2.38 bits per heavy atom. The lowest BCUT2D eigenvalue weighted by molar-refractivity contribution is -0.136. The van der Waals surface area contributed by atoms with Gasteiger partial charge >= 0.3 is 5.97 Å². The molecule has 1 unspecified atom stereocenters. The number of alkyl halides is 1. The van der Waals surface area contributed by atoms with Gasteiger partial charge in [-0.1, -0.05) is 0 Å². The summed E-state index contributed by atoms with van der Waals surface area (Å²) in [6.45, 7) is 0.320. The molecular formula is C4H8ClNO2. The molecule has 8 heavy (non-hydrogen) atoms. The first-order chi connectivity index (χ1) is 3.68. The minimum Gasteiger partial charge on any atom is -0.480 e. The lowest BCUT2D eigenvalue weighted by Crippen LogP contribution is -2.17. The van der Waals surface area contributed by atoms with Crippen LogP contribution in [0.5, 0.6) is 0 Å². The zero-order valence-corrected chi connectivity index (χ0v) is 5.06. The Kier molecular flexibility index (Phi) is 3.56. The molecule has 0 amide bonds. The number of aliphatic carboxylic acids is 1. The molecule has 0 bridgehead atoms. The Labute approximate surface area is 52.4 Å². The molecule has 0 aliphatic carbocycles. The fraction of sp³-hybridized carbons (Fsp3) is 0.750. The van der Waals surface area contributed by atoms with Crippen molar-refractivity contribution in [3.05, 3.63) is 0 Å². The molecule has 1 atom stereocenters. The van der Waals surface area contributed by atoms with Gasteiger partial charge in [-0.15, -0.1) is 11.6 Å². The second-order valence-electron chi connectivity index (χ2n) is 1.38. The van der Waals surface area contributed by atoms with Crippen LogP contribution in [0.1, 0.15) is 6.42 Å². The van der Waals surface area contributed by atoms with Crippen LogP contribution in [0.4, 0.5) is 0 Å². The van der Waals surface area contributed by atoms with Gasteiger partial charge in [0.05, 0.1) is 0 Å². The van der Waals surface area contributed by atoms with E-state index in [2.05, 4.69) is 0 Å². The number of hydrogen-bond acceptors (Lipinski definition) is 2. The molecule has 0 heterocycles. The van der Waals surface area contributed by atoms with E-state index in [1.54, 1.807) is 0 Å². The zero-order chi connectivity index (χ0) is 6.57. The molecular weight excluding hydrogens is 130 g/mol. The van der Waals surface area contributed by atoms with Gasteiger partial charge in [-0.2, -0.15) is 0 Å². The Hall–Kier alpha value is -0.280. The fourth-order valence-electron chi connectivity index (χ4n) is 0.270. The van der Waals surface area contributed by atoms with Crippen molar-refractivity contribution in [3.63, 3.8) is 0 Å². The summed E-state index contributed by atoms with van der Waals surface area (Å²) >= 11 is 5.24. The maximum atomic E-state index is 9.90. The van der Waals surface area contributed by atoms with Crippen molar-refractivity contribution >= 4 is 17.6 Å². The number of carboxylic acid groups (broad SMARTS) is 1. The summed E-state index contributed by atoms with van der Waals surface area (Å²) in [5.74, 6) is -1.00. The van der Waals surface area contributed by atoms with Crippen molar-refractivity contribution in [2.24, 2.45) is 5.73 Å². The molecule has 0 rings (SSSR count). The molecule has 48 valence electrons. The summed E-state index contributed by atoms with van der Waals surface area (Å²) in [5, 5.41) is 7.31. The van der Waals surface area contributed by atoms with E-state index in [9.17, 15) is 4.79 Å². The highest BCUT2D eigenvalue weighted by Gasteiger charge is 2.10. The lowest BCUT2D eigenvalue weighted by Gasteiger charge is -1.97. The molecule has 0 aromatic carbocycles. The molecule has 0 aliphatic rings. The van der Waals surface area contributed by atoms with Gasteiger partial charge in [0, 0.05) is 0 Å². The predicted molar refractivity (Wildman–Crippen MR) is 30.9 cm³/mol. The largest absolute Gasteiger partial charge is 0.480 e. The number of halogens is 1. The van der Waals surface area contributed by atoms with E-state index in [1.807, 2.05) is 0 Å². The van der Waals surface area contributed by atoms with E-state index in [0.717, 1.165) is 0 Å². The van der Waals surface area contributed by atoms with Gasteiger partial charge < -0.3 is 10.8 Å². The van der Waals surface area contributed by atoms with Gasteiger partial charge in [0.15, 0.2) is 0 Å². The number of carboxylic acids is 1. The van der Waals surface area contributed by atoms with Crippen molar-refractivity contribution in [1.82, 2.24) is 0 Å². The highest BCUT2D eigenvalue weighted by atomic mass is 35.5. The summed E-state index contributed by atoms with van der Waals surface area (Å²) in [7, 11) is 0. The first kappa shape index (κ1) is 7.72. The molecule has 0 fully saturated rings. The highest BCUT2D eigenvalue weighted by Crippen LogP contribution is 1.98. The zero-order valence-electron chi connectivity index (χ0n) is 4.30. The Bertz CT molecular complexity index is 86.1. The van der Waals surface area contributed by atoms with Crippen LogP contribution in [0.25, 0.3) is 0 Å². The monoisotopic (exact) mass is 137 g/mol. The van der Waals surface area contributed by atoms with E-state index in [0.29, 0.717) is 13.0 Å². The molecule has 0 aliphatic heterocycles. The Morgan fingerprint density at radius 3 is 2.50 bits per heavy atom. The van der Waals surface area contributed by atoms with Crippen LogP contribution in [0, 0.1) is 0 Å². The van der Waals surface area contributed by atoms with E-state index in [-0.39, 0.29) is 0 Å². The normalized spacial score (nSPS) is 13.2. The van der Waals surface area contributed by atoms with Crippen molar-refractivity contribution in [3.8, 4) is 0 Å². The van der Waals surface area contributed by atoms with E-state index >= 15 is 0 Å². The van der Waals surface area contributed by atoms with Gasteiger partial charge in [0.2, 0.25) is 0 Å². The molecule has 0 saturated heterocycles. The average molecular weight is 138 g/mol. The molecule has 0 aromatic heterocycles. The van der Waals surface area contributed by atoms with Crippen LogP contribution in [-0.2, 0) is 4.79 Å². The summed E-state index contributed by atoms with van der Waals surface area (Å²) < 4.78 is 0. The minimum atomic E-state index is -1.00. The maximum Gasteiger partial charge on any atom is 0.321 e. The first-order valence-electron chi connectivity index (χ1n) is 2.25. The van der Waals surface area contributed by atoms with E-state index in [4.69, 9.17) is 22.4 Å². The highest BCUT2D eigenvalue weighted by molar-refractivity contribution is 6.29. The van der Waals surface area contributed by atoms with Crippen LogP contribution in [-0.4, -0.2) is 23.0 Å². The van der Waals surface area contributed by atoms with Crippen LogP contribution < -0.4 is 5.73 Å². The van der Waals surface area contributed by atoms with Gasteiger partial charge in [-0.25, -0.2) is 0 Å². The Morgan fingerprint density at radius 1 is 1.88 bits per heavy atom. The summed E-state index contributed by atoms with van der Waals surface area (Å²) in [5.41, 5.74) is 5.02. The SMILES string of the molecule is NCCC(Cl)C(=O)O. The van der Waals surface area contributed by atoms with Crippen LogP contribution >= 0.6 is 11.6 Å². The number of nitrogens with two attached hydrogens (primary N) is 1. The van der Waals surface area contributed by atoms with E-state index < -0.39 is 11.3 Å². The van der Waals surface area contributed by atoms with Crippen molar-refractivity contribution < 1.29 is 9.90 Å². The van der Waals surface area contributed by atoms with E-state index in [1.165, 1.54) is 0 Å². The molecule has 3 N–H and O–H groups in total. The molecule has 0 radical (unpaired) electrons. The van der Waals surface area contributed by atoms with Crippen LogP contribution in [0.3, 0.4) is 0 Å². The molecule has 4 heteroatoms. The topological polar surface area (TPSA) is 63.3 Å². The number of rotatable bonds is 3. The van der Waals surface area contributed by atoms with Crippen LogP contribution in [0.15, 0.2) is 0 Å². The summed E-state index contributed by atoms with van der Waals surface area (Å²) in [6, 6.07) is 0. The van der Waals surface area contributed by atoms with Gasteiger partial charge in [-0.05, 0) is 13.0 Å².